The topological polar surface area (TPSA) is 75.6 Å². The molecule has 1 atom stereocenters. The van der Waals surface area contributed by atoms with Crippen LogP contribution in [0.1, 0.15) is 5.56 Å². The molecule has 0 aliphatic carbocycles. The van der Waals surface area contributed by atoms with Crippen molar-refractivity contribution in [2.75, 3.05) is 39.8 Å². The molecule has 2 N–H and O–H groups in total. The molecule has 1 unspecified atom stereocenters. The number of rotatable bonds is 5. The first kappa shape index (κ1) is 14.9. The Balaban J connectivity index is 1.99. The summed E-state index contributed by atoms with van der Waals surface area (Å²) in [4.78, 5) is 15.3. The summed E-state index contributed by atoms with van der Waals surface area (Å²) < 4.78 is 0. The van der Waals surface area contributed by atoms with Crippen LogP contribution in [0.5, 0.6) is 0 Å². The van der Waals surface area contributed by atoms with Gasteiger partial charge in [-0.05, 0) is 13.5 Å². The molecule has 110 valence electrons. The van der Waals surface area contributed by atoms with Crippen LogP contribution in [-0.4, -0.2) is 60.5 Å². The number of nitrogens with two attached hydrogens (primary N) is 1. The van der Waals surface area contributed by atoms with E-state index in [1.54, 1.807) is 12.1 Å². The largest absolute Gasteiger partial charge is 0.329 e. The second-order valence-electron chi connectivity index (χ2n) is 5.32. The molecule has 0 bridgehead atoms. The van der Waals surface area contributed by atoms with Crippen LogP contribution in [-0.2, 0) is 6.42 Å². The van der Waals surface area contributed by atoms with E-state index in [-0.39, 0.29) is 10.6 Å². The first-order valence-electron chi connectivity index (χ1n) is 6.96. The fraction of sp³-hybridized carbons (Fsp3) is 0.571. The summed E-state index contributed by atoms with van der Waals surface area (Å²) in [6.07, 6.45) is 0.692. The number of nitro groups is 1. The van der Waals surface area contributed by atoms with Crippen molar-refractivity contribution in [3.63, 3.8) is 0 Å². The smallest absolute Gasteiger partial charge is 0.272 e. The average Bonchev–Trinajstić information content (AvgIpc) is 2.46. The second-order valence-corrected chi connectivity index (χ2v) is 5.32. The Bertz CT molecular complexity index is 466. The maximum absolute atomic E-state index is 11.0. The molecular weight excluding hydrogens is 256 g/mol. The van der Waals surface area contributed by atoms with Gasteiger partial charge in [-0.15, -0.1) is 0 Å². The number of nitro benzene ring substituents is 1. The van der Waals surface area contributed by atoms with Gasteiger partial charge in [0.05, 0.1) is 4.92 Å². The molecule has 1 fully saturated rings. The van der Waals surface area contributed by atoms with Crippen LogP contribution in [0.2, 0.25) is 0 Å². The van der Waals surface area contributed by atoms with Crippen molar-refractivity contribution in [3.05, 3.63) is 39.9 Å². The third kappa shape index (κ3) is 3.53. The van der Waals surface area contributed by atoms with Crippen LogP contribution in [0.25, 0.3) is 0 Å². The van der Waals surface area contributed by atoms with Gasteiger partial charge in [-0.2, -0.15) is 0 Å². The van der Waals surface area contributed by atoms with Gasteiger partial charge in [-0.25, -0.2) is 0 Å². The highest BCUT2D eigenvalue weighted by molar-refractivity contribution is 5.39. The Labute approximate surface area is 119 Å². The van der Waals surface area contributed by atoms with E-state index in [0.717, 1.165) is 31.7 Å². The highest BCUT2D eigenvalue weighted by Crippen LogP contribution is 2.19. The molecule has 2 rings (SSSR count). The van der Waals surface area contributed by atoms with Crippen molar-refractivity contribution < 1.29 is 4.92 Å². The minimum atomic E-state index is -0.306. The lowest BCUT2D eigenvalue weighted by Gasteiger charge is -2.39. The molecule has 0 radical (unpaired) electrons. The van der Waals surface area contributed by atoms with Gasteiger partial charge in [-0.3, -0.25) is 15.0 Å². The summed E-state index contributed by atoms with van der Waals surface area (Å²) >= 11 is 0. The zero-order chi connectivity index (χ0) is 14.5. The lowest BCUT2D eigenvalue weighted by atomic mass is 10.1. The zero-order valence-corrected chi connectivity index (χ0v) is 11.9. The van der Waals surface area contributed by atoms with Crippen LogP contribution >= 0.6 is 0 Å². The van der Waals surface area contributed by atoms with Crippen LogP contribution in [0.3, 0.4) is 0 Å². The molecule has 0 saturated carbocycles. The Morgan fingerprint density at radius 1 is 1.40 bits per heavy atom. The molecule has 1 aromatic rings. The lowest BCUT2D eigenvalue weighted by molar-refractivity contribution is -0.385. The number of nitrogens with zero attached hydrogens (tertiary/aromatic N) is 3. The fourth-order valence-electron chi connectivity index (χ4n) is 2.73. The standard InChI is InChI=1S/C14H22N4O2/c1-16-8-9-17(13(10-15)11-16)7-6-12-4-2-3-5-14(12)18(19)20/h2-5,13H,6-11,15H2,1H3. The van der Waals surface area contributed by atoms with Gasteiger partial charge in [0.1, 0.15) is 0 Å². The Kier molecular flexibility index (Phi) is 5.05. The molecule has 1 heterocycles. The van der Waals surface area contributed by atoms with E-state index in [9.17, 15) is 10.1 Å². The zero-order valence-electron chi connectivity index (χ0n) is 11.9. The summed E-state index contributed by atoms with van der Waals surface area (Å²) in [7, 11) is 2.10. The number of para-hydroxylation sites is 1. The van der Waals surface area contributed by atoms with Gasteiger partial charge >= 0.3 is 0 Å². The monoisotopic (exact) mass is 278 g/mol. The molecule has 1 aliphatic heterocycles. The van der Waals surface area contributed by atoms with E-state index in [0.29, 0.717) is 19.0 Å². The van der Waals surface area contributed by atoms with Crippen molar-refractivity contribution >= 4 is 5.69 Å². The summed E-state index contributed by atoms with van der Waals surface area (Å²) in [5, 5.41) is 11.0. The van der Waals surface area contributed by atoms with Crippen LogP contribution < -0.4 is 5.73 Å². The van der Waals surface area contributed by atoms with Crippen LogP contribution in [0.15, 0.2) is 24.3 Å². The minimum absolute atomic E-state index is 0.214. The molecule has 0 aromatic heterocycles. The average molecular weight is 278 g/mol. The summed E-state index contributed by atoms with van der Waals surface area (Å²) in [6, 6.07) is 7.31. The maximum atomic E-state index is 11.0. The van der Waals surface area contributed by atoms with Crippen molar-refractivity contribution in [3.8, 4) is 0 Å². The number of benzene rings is 1. The minimum Gasteiger partial charge on any atom is -0.329 e. The summed E-state index contributed by atoms with van der Waals surface area (Å²) in [5.41, 5.74) is 6.84. The number of hydrogen-bond donors (Lipinski definition) is 1. The molecule has 0 spiro atoms. The molecule has 6 nitrogen and oxygen atoms in total. The van der Waals surface area contributed by atoms with Gasteiger partial charge in [0.15, 0.2) is 0 Å². The van der Waals surface area contributed by atoms with Gasteiger partial charge in [-0.1, -0.05) is 18.2 Å². The number of likely N-dealkylation sites (N-methyl/N-ethyl adjacent to an activating group) is 1. The van der Waals surface area contributed by atoms with E-state index < -0.39 is 0 Å². The molecule has 20 heavy (non-hydrogen) atoms. The van der Waals surface area contributed by atoms with E-state index in [2.05, 4.69) is 16.8 Å². The van der Waals surface area contributed by atoms with E-state index in [1.807, 2.05) is 12.1 Å². The Hall–Kier alpha value is -1.50. The van der Waals surface area contributed by atoms with Crippen molar-refractivity contribution in [1.29, 1.82) is 0 Å². The normalized spacial score (nSPS) is 21.0. The van der Waals surface area contributed by atoms with E-state index in [1.165, 1.54) is 0 Å². The molecule has 1 saturated heterocycles. The lowest BCUT2D eigenvalue weighted by Crippen LogP contribution is -2.55. The van der Waals surface area contributed by atoms with E-state index in [4.69, 9.17) is 5.73 Å². The fourth-order valence-corrected chi connectivity index (χ4v) is 2.73. The summed E-state index contributed by atoms with van der Waals surface area (Å²) in [5.74, 6) is 0. The van der Waals surface area contributed by atoms with Gasteiger partial charge in [0.25, 0.3) is 5.69 Å². The third-order valence-corrected chi connectivity index (χ3v) is 3.94. The van der Waals surface area contributed by atoms with Gasteiger partial charge < -0.3 is 10.6 Å². The number of piperazine rings is 1. The SMILES string of the molecule is CN1CCN(CCc2ccccc2[N+](=O)[O-])C(CN)C1. The molecule has 1 aromatic carbocycles. The first-order valence-corrected chi connectivity index (χ1v) is 6.96. The molecular formula is C14H22N4O2. The van der Waals surface area contributed by atoms with Crippen LogP contribution in [0, 0.1) is 10.1 Å². The van der Waals surface area contributed by atoms with Crippen molar-refractivity contribution in [2.24, 2.45) is 5.73 Å². The third-order valence-electron chi connectivity index (χ3n) is 3.94. The Morgan fingerprint density at radius 2 is 2.15 bits per heavy atom. The molecule has 1 aliphatic rings. The highest BCUT2D eigenvalue weighted by atomic mass is 16.6. The Morgan fingerprint density at radius 3 is 2.85 bits per heavy atom. The van der Waals surface area contributed by atoms with Crippen molar-refractivity contribution in [1.82, 2.24) is 9.80 Å². The quantitative estimate of drug-likeness (QED) is 0.634. The molecule has 6 heteroatoms. The second kappa shape index (κ2) is 6.78. The van der Waals surface area contributed by atoms with Crippen molar-refractivity contribution in [2.45, 2.75) is 12.5 Å². The highest BCUT2D eigenvalue weighted by Gasteiger charge is 2.24. The molecule has 0 amide bonds. The summed E-state index contributed by atoms with van der Waals surface area (Å²) in [6.45, 7) is 4.40. The first-order chi connectivity index (χ1) is 9.61. The van der Waals surface area contributed by atoms with Gasteiger partial charge in [0.2, 0.25) is 0 Å². The van der Waals surface area contributed by atoms with E-state index >= 15 is 0 Å². The predicted molar refractivity (Wildman–Crippen MR) is 78.7 cm³/mol. The predicted octanol–water partition coefficient (Wildman–Crippen LogP) is 0.712. The maximum Gasteiger partial charge on any atom is 0.272 e. The number of hydrogen-bond acceptors (Lipinski definition) is 5. The van der Waals surface area contributed by atoms with Gasteiger partial charge in [0, 0.05) is 50.4 Å². The van der Waals surface area contributed by atoms with Crippen LogP contribution in [0.4, 0.5) is 5.69 Å².